The Hall–Kier alpha value is -1.88. The van der Waals surface area contributed by atoms with Gasteiger partial charge >= 0.3 is 0 Å². The Morgan fingerprint density at radius 2 is 2.20 bits per heavy atom. The van der Waals surface area contributed by atoms with Gasteiger partial charge in [-0.25, -0.2) is 4.98 Å². The van der Waals surface area contributed by atoms with Crippen LogP contribution < -0.4 is 5.32 Å². The molecular weight excluding hydrogens is 256 g/mol. The molecule has 20 heavy (non-hydrogen) atoms. The molecule has 1 saturated carbocycles. The van der Waals surface area contributed by atoms with Gasteiger partial charge in [-0.3, -0.25) is 4.79 Å². The summed E-state index contributed by atoms with van der Waals surface area (Å²) in [6, 6.07) is 5.31. The molecule has 0 atom stereocenters. The van der Waals surface area contributed by atoms with Crippen LogP contribution in [-0.4, -0.2) is 28.1 Å². The van der Waals surface area contributed by atoms with E-state index in [2.05, 4.69) is 10.3 Å². The highest BCUT2D eigenvalue weighted by molar-refractivity contribution is 5.95. The summed E-state index contributed by atoms with van der Waals surface area (Å²) in [6.07, 6.45) is 3.68. The molecule has 0 saturated heterocycles. The summed E-state index contributed by atoms with van der Waals surface area (Å²) in [5.41, 5.74) is 1.68. The van der Waals surface area contributed by atoms with Crippen molar-refractivity contribution in [2.24, 2.45) is 0 Å². The van der Waals surface area contributed by atoms with E-state index in [-0.39, 0.29) is 18.3 Å². The minimum atomic E-state index is -0.487. The number of aryl methyl sites for hydroxylation is 1. The number of fused-ring (bicyclic) bond motifs is 1. The second-order valence-electron chi connectivity index (χ2n) is 5.55. The molecule has 2 N–H and O–H groups in total. The van der Waals surface area contributed by atoms with Crippen LogP contribution >= 0.6 is 0 Å². The van der Waals surface area contributed by atoms with Crippen LogP contribution in [0.25, 0.3) is 11.1 Å². The first-order valence-electron chi connectivity index (χ1n) is 6.92. The van der Waals surface area contributed by atoms with Crippen molar-refractivity contribution in [2.75, 3.05) is 6.61 Å². The van der Waals surface area contributed by atoms with Crippen molar-refractivity contribution in [3.63, 3.8) is 0 Å². The molecule has 1 aliphatic rings. The van der Waals surface area contributed by atoms with E-state index in [0.29, 0.717) is 11.1 Å². The van der Waals surface area contributed by atoms with Gasteiger partial charge in [0.05, 0.1) is 12.1 Å². The zero-order valence-electron chi connectivity index (χ0n) is 11.5. The number of hydrogen-bond donors (Lipinski definition) is 2. The van der Waals surface area contributed by atoms with E-state index in [0.717, 1.165) is 31.4 Å². The molecule has 1 fully saturated rings. The lowest BCUT2D eigenvalue weighted by Crippen LogP contribution is -2.49. The maximum absolute atomic E-state index is 12.3. The highest BCUT2D eigenvalue weighted by Gasteiger charge is 2.35. The van der Waals surface area contributed by atoms with Gasteiger partial charge in [0.15, 0.2) is 11.3 Å². The van der Waals surface area contributed by atoms with Crippen LogP contribution in [0.4, 0.5) is 0 Å². The third kappa shape index (κ3) is 2.29. The fourth-order valence-corrected chi connectivity index (χ4v) is 2.81. The average Bonchev–Trinajstić information content (AvgIpc) is 3.05. The third-order valence-corrected chi connectivity index (χ3v) is 3.98. The SMILES string of the molecule is Cc1ccc2oc(C(=O)NC3(CO)CCCC3)cc2n1. The zero-order chi connectivity index (χ0) is 14.2. The van der Waals surface area contributed by atoms with Gasteiger partial charge in [0.25, 0.3) is 5.91 Å². The number of rotatable bonds is 3. The van der Waals surface area contributed by atoms with Gasteiger partial charge in [-0.05, 0) is 31.9 Å². The number of aliphatic hydroxyl groups excluding tert-OH is 1. The molecule has 5 nitrogen and oxygen atoms in total. The Morgan fingerprint density at radius 3 is 2.90 bits per heavy atom. The van der Waals surface area contributed by atoms with Crippen molar-refractivity contribution in [3.05, 3.63) is 29.7 Å². The monoisotopic (exact) mass is 274 g/mol. The van der Waals surface area contributed by atoms with Crippen LogP contribution in [0.5, 0.6) is 0 Å². The van der Waals surface area contributed by atoms with Crippen molar-refractivity contribution in [1.82, 2.24) is 10.3 Å². The average molecular weight is 274 g/mol. The van der Waals surface area contributed by atoms with E-state index in [1.54, 1.807) is 6.07 Å². The van der Waals surface area contributed by atoms with Gasteiger partial charge in [-0.2, -0.15) is 0 Å². The van der Waals surface area contributed by atoms with Crippen LogP contribution in [0.1, 0.15) is 41.9 Å². The quantitative estimate of drug-likeness (QED) is 0.899. The van der Waals surface area contributed by atoms with Crippen LogP contribution in [0.15, 0.2) is 22.6 Å². The standard InChI is InChI=1S/C15H18N2O3/c1-10-4-5-12-11(16-10)8-13(20-12)14(19)17-15(9-18)6-2-3-7-15/h4-5,8,18H,2-3,6-7,9H2,1H3,(H,17,19). The number of nitrogens with one attached hydrogen (secondary N) is 1. The Kier molecular flexibility index (Phi) is 3.22. The van der Waals surface area contributed by atoms with Gasteiger partial charge in [0.1, 0.15) is 5.52 Å². The summed E-state index contributed by atoms with van der Waals surface area (Å²) >= 11 is 0. The number of nitrogens with zero attached hydrogens (tertiary/aromatic N) is 1. The minimum Gasteiger partial charge on any atom is -0.449 e. The van der Waals surface area contributed by atoms with Crippen molar-refractivity contribution in [3.8, 4) is 0 Å². The first-order chi connectivity index (χ1) is 9.62. The minimum absolute atomic E-state index is 0.0314. The van der Waals surface area contributed by atoms with Gasteiger partial charge in [0.2, 0.25) is 0 Å². The molecule has 0 radical (unpaired) electrons. The fourth-order valence-electron chi connectivity index (χ4n) is 2.81. The van der Waals surface area contributed by atoms with Gasteiger partial charge in [-0.15, -0.1) is 0 Å². The van der Waals surface area contributed by atoms with Crippen molar-refractivity contribution in [2.45, 2.75) is 38.1 Å². The molecule has 106 valence electrons. The van der Waals surface area contributed by atoms with E-state index in [1.165, 1.54) is 0 Å². The number of aliphatic hydroxyl groups is 1. The number of hydrogen-bond acceptors (Lipinski definition) is 4. The summed E-state index contributed by atoms with van der Waals surface area (Å²) in [5, 5.41) is 12.5. The Bertz CT molecular complexity index is 642. The van der Waals surface area contributed by atoms with Gasteiger partial charge in [0, 0.05) is 11.8 Å². The number of carbonyl (C=O) groups is 1. The van der Waals surface area contributed by atoms with Crippen LogP contribution in [0.3, 0.4) is 0 Å². The second kappa shape index (κ2) is 4.90. The van der Waals surface area contributed by atoms with E-state index in [4.69, 9.17) is 4.42 Å². The molecule has 1 aliphatic carbocycles. The summed E-state index contributed by atoms with van der Waals surface area (Å²) in [5.74, 6) is -0.0329. The summed E-state index contributed by atoms with van der Waals surface area (Å²) < 4.78 is 5.53. The summed E-state index contributed by atoms with van der Waals surface area (Å²) in [6.45, 7) is 1.86. The maximum Gasteiger partial charge on any atom is 0.287 e. The number of amides is 1. The first kappa shape index (κ1) is 13.1. The van der Waals surface area contributed by atoms with Crippen LogP contribution in [0, 0.1) is 6.92 Å². The van der Waals surface area contributed by atoms with E-state index in [1.807, 2.05) is 19.1 Å². The molecule has 2 aromatic heterocycles. The largest absolute Gasteiger partial charge is 0.449 e. The summed E-state index contributed by atoms with van der Waals surface area (Å²) in [4.78, 5) is 16.6. The smallest absolute Gasteiger partial charge is 0.287 e. The van der Waals surface area contributed by atoms with E-state index in [9.17, 15) is 9.90 Å². The molecule has 1 amide bonds. The Morgan fingerprint density at radius 1 is 1.45 bits per heavy atom. The third-order valence-electron chi connectivity index (χ3n) is 3.98. The number of pyridine rings is 1. The summed E-state index contributed by atoms with van der Waals surface area (Å²) in [7, 11) is 0. The lowest BCUT2D eigenvalue weighted by molar-refractivity contribution is 0.0813. The van der Waals surface area contributed by atoms with Crippen molar-refractivity contribution < 1.29 is 14.3 Å². The van der Waals surface area contributed by atoms with E-state index < -0.39 is 5.54 Å². The van der Waals surface area contributed by atoms with Crippen LogP contribution in [-0.2, 0) is 0 Å². The zero-order valence-corrected chi connectivity index (χ0v) is 11.5. The van der Waals surface area contributed by atoms with Gasteiger partial charge in [-0.1, -0.05) is 12.8 Å². The lowest BCUT2D eigenvalue weighted by atomic mass is 9.99. The number of aromatic nitrogens is 1. The van der Waals surface area contributed by atoms with Gasteiger partial charge < -0.3 is 14.8 Å². The molecule has 0 bridgehead atoms. The molecule has 0 aromatic carbocycles. The molecule has 3 rings (SSSR count). The fraction of sp³-hybridized carbons (Fsp3) is 0.467. The molecule has 5 heteroatoms. The maximum atomic E-state index is 12.3. The normalized spacial score (nSPS) is 17.5. The highest BCUT2D eigenvalue weighted by Crippen LogP contribution is 2.29. The molecule has 0 aliphatic heterocycles. The Balaban J connectivity index is 1.85. The Labute approximate surface area is 117 Å². The topological polar surface area (TPSA) is 75.4 Å². The van der Waals surface area contributed by atoms with Crippen LogP contribution in [0.2, 0.25) is 0 Å². The number of furan rings is 1. The lowest BCUT2D eigenvalue weighted by Gasteiger charge is -2.27. The molecule has 2 heterocycles. The molecule has 2 aromatic rings. The number of carbonyl (C=O) groups excluding carboxylic acids is 1. The van der Waals surface area contributed by atoms with E-state index >= 15 is 0 Å². The first-order valence-corrected chi connectivity index (χ1v) is 6.92. The molecular formula is C15H18N2O3. The molecule has 0 unspecified atom stereocenters. The molecule has 0 spiro atoms. The predicted octanol–water partition coefficient (Wildman–Crippen LogP) is 2.17. The second-order valence-corrected chi connectivity index (χ2v) is 5.55. The highest BCUT2D eigenvalue weighted by atomic mass is 16.3. The predicted molar refractivity (Wildman–Crippen MR) is 74.5 cm³/mol. The van der Waals surface area contributed by atoms with Crippen molar-refractivity contribution in [1.29, 1.82) is 0 Å². The van der Waals surface area contributed by atoms with Crippen molar-refractivity contribution >= 4 is 17.0 Å².